The van der Waals surface area contributed by atoms with E-state index in [1.807, 2.05) is 117 Å². The summed E-state index contributed by atoms with van der Waals surface area (Å²) >= 11 is 0. The molecular weight excluding hydrogens is 2510 g/mol. The molecule has 7 aromatic heterocycles. The molecule has 0 spiro atoms. The van der Waals surface area contributed by atoms with Gasteiger partial charge in [-0.25, -0.2) is 0 Å². The van der Waals surface area contributed by atoms with Crippen LogP contribution in [0.25, 0.3) is 140 Å². The van der Waals surface area contributed by atoms with Crippen LogP contribution in [0.2, 0.25) is 0 Å². The van der Waals surface area contributed by atoms with E-state index in [-0.39, 0.29) is 101 Å². The SMILES string of the molecule is Cc1c[c-]c(-c2nccn2-c2c(C)cc(C)cc2C)cc1.Cc1cc(C)c(-n2ccnc2-c2[c-]cc3c(c2)c2ccccc2n3-c2ccccc2)c(C)c1.Cc1cc(C)c(-n2ccnc2-c2[c-]cccc2)c(C)c1.Cc1cccc(-n2c3c[c-]c(-c4nccn4-c4c(C)cc(C)cc4C)cc3c3ccccc32)c1.Cc1cccc(C)c1-n1ccnc1-c1[c-]cccc1.[Ir].[Ir].[Ir].[Ir].[Ir]. The van der Waals surface area contributed by atoms with Crippen molar-refractivity contribution in [2.75, 3.05) is 0 Å². The molecule has 0 amide bonds. The van der Waals surface area contributed by atoms with E-state index in [0.29, 0.717) is 0 Å². The third-order valence-corrected chi connectivity index (χ3v) is 23.5. The zero-order valence-corrected chi connectivity index (χ0v) is 88.6. The Bertz CT molecular complexity index is 7480. The molecule has 0 unspecified atom stereocenters. The number of para-hydroxylation sites is 4. The van der Waals surface area contributed by atoms with Crippen molar-refractivity contribution in [2.45, 2.75) is 111 Å². The van der Waals surface area contributed by atoms with Crippen LogP contribution < -0.4 is 0 Å². The summed E-state index contributed by atoms with van der Waals surface area (Å²) in [6.45, 7) is 34.3. The zero-order chi connectivity index (χ0) is 88.3. The maximum atomic E-state index is 4.76. The van der Waals surface area contributed by atoms with Crippen LogP contribution >= 0.6 is 0 Å². The molecule has 5 radical (unpaired) electrons. The molecule has 0 atom stereocenters. The Hall–Kier alpha value is -12.0. The molecule has 12 nitrogen and oxygen atoms in total. The molecular formula is C115H101Ir5N12-5. The van der Waals surface area contributed by atoms with E-state index in [0.717, 1.165) is 73.7 Å². The van der Waals surface area contributed by atoms with E-state index < -0.39 is 0 Å². The fraction of sp³-hybridized carbons (Fsp3) is 0.139. The van der Waals surface area contributed by atoms with Gasteiger partial charge in [-0.15, -0.1) is 155 Å². The number of nitrogens with zero attached hydrogens (tertiary/aromatic N) is 12. The fourth-order valence-electron chi connectivity index (χ4n) is 18.5. The maximum Gasteiger partial charge on any atom is 0.0603 e. The van der Waals surface area contributed by atoms with Gasteiger partial charge in [0.25, 0.3) is 0 Å². The largest absolute Gasteiger partial charge is 0.351 e. The number of aryl methyl sites for hydroxylation is 16. The van der Waals surface area contributed by atoms with Gasteiger partial charge < -0.3 is 32.0 Å². The summed E-state index contributed by atoms with van der Waals surface area (Å²) in [5.41, 5.74) is 38.1. The molecule has 7 heterocycles. The molecule has 0 bridgehead atoms. The second kappa shape index (κ2) is 43.6. The van der Waals surface area contributed by atoms with Crippen LogP contribution in [-0.4, -0.2) is 56.9 Å². The molecule has 0 saturated heterocycles. The van der Waals surface area contributed by atoms with Crippen molar-refractivity contribution < 1.29 is 101 Å². The minimum Gasteiger partial charge on any atom is -0.351 e. The predicted octanol–water partition coefficient (Wildman–Crippen LogP) is 27.8. The molecule has 0 saturated carbocycles. The minimum absolute atomic E-state index is 0. The topological polar surface area (TPSA) is 99.0 Å². The Labute approximate surface area is 842 Å². The molecule has 0 aliphatic rings. The van der Waals surface area contributed by atoms with Gasteiger partial charge in [0, 0.05) is 213 Å². The first-order chi connectivity index (χ1) is 61.6. The molecule has 14 aromatic carbocycles. The minimum atomic E-state index is 0. The van der Waals surface area contributed by atoms with E-state index >= 15 is 0 Å². The molecule has 0 aliphatic heterocycles. The number of imidazole rings is 5. The summed E-state index contributed by atoms with van der Waals surface area (Å²) < 4.78 is 15.5. The average Bonchev–Trinajstić information content (AvgIpc) is 1.59. The zero-order valence-electron chi connectivity index (χ0n) is 76.6. The predicted molar refractivity (Wildman–Crippen MR) is 524 cm³/mol. The van der Waals surface area contributed by atoms with Gasteiger partial charge in [-0.2, -0.15) is 0 Å². The number of fused-ring (bicyclic) bond motifs is 6. The summed E-state index contributed by atoms with van der Waals surface area (Å²) in [6.07, 6.45) is 19.4. The molecule has 132 heavy (non-hydrogen) atoms. The Kier molecular flexibility index (Phi) is 32.7. The molecule has 671 valence electrons. The smallest absolute Gasteiger partial charge is 0.0603 e. The van der Waals surface area contributed by atoms with Crippen molar-refractivity contribution >= 4 is 43.6 Å². The molecule has 21 aromatic rings. The van der Waals surface area contributed by atoms with Crippen LogP contribution in [0.3, 0.4) is 0 Å². The van der Waals surface area contributed by atoms with Crippen LogP contribution in [0, 0.1) is 141 Å². The van der Waals surface area contributed by atoms with Gasteiger partial charge >= 0.3 is 0 Å². The van der Waals surface area contributed by atoms with Crippen molar-refractivity contribution in [3.8, 4) is 96.8 Å². The molecule has 0 fully saturated rings. The summed E-state index contributed by atoms with van der Waals surface area (Å²) in [5, 5.41) is 4.87. The second-order valence-electron chi connectivity index (χ2n) is 33.3. The Morgan fingerprint density at radius 1 is 0.205 bits per heavy atom. The first kappa shape index (κ1) is 99.0. The monoisotopic (exact) mass is 2610 g/mol. The first-order valence-corrected chi connectivity index (χ1v) is 43.1. The van der Waals surface area contributed by atoms with Crippen LogP contribution in [-0.2, 0) is 101 Å². The van der Waals surface area contributed by atoms with Crippen LogP contribution in [0.15, 0.2) is 323 Å². The van der Waals surface area contributed by atoms with Crippen LogP contribution in [0.1, 0.15) is 89.0 Å². The van der Waals surface area contributed by atoms with Gasteiger partial charge in [0.15, 0.2) is 0 Å². The molecule has 0 N–H and O–H groups in total. The van der Waals surface area contributed by atoms with E-state index in [1.165, 1.54) is 156 Å². The number of hydrogen-bond acceptors (Lipinski definition) is 5. The van der Waals surface area contributed by atoms with Crippen molar-refractivity contribution in [1.29, 1.82) is 0 Å². The number of aromatic nitrogens is 12. The van der Waals surface area contributed by atoms with E-state index in [4.69, 9.17) is 9.97 Å². The summed E-state index contributed by atoms with van der Waals surface area (Å²) in [4.78, 5) is 23.0. The van der Waals surface area contributed by atoms with Crippen molar-refractivity contribution in [3.05, 3.63) is 442 Å². The third-order valence-electron chi connectivity index (χ3n) is 23.5. The van der Waals surface area contributed by atoms with Crippen molar-refractivity contribution in [2.24, 2.45) is 0 Å². The Balaban J connectivity index is 0.000000151. The van der Waals surface area contributed by atoms with Gasteiger partial charge in [-0.05, 0) is 223 Å². The standard InChI is InChI=1S/C31H26N3.C30H24N3.C19H19N2.C18H17N2.C17H15N2.5Ir/c1-20-8-7-9-25(18-20)34-28-11-6-5-10-26(28)27-19-24(12-13-29(27)34)31-32-14-15-33(31)30-22(3)16-21(2)17-23(30)4;1-20-17-21(2)29(22(3)18-20)32-16-15-31-30(32)23-13-14-28-26(19-23)25-11-7-8-12-27(25)33(28)24-9-5-4-6-10-24;1-13-5-7-17(8-6-13)19-20-9-10-21(19)18-15(3)11-14(2)12-16(18)4;1-13-11-14(2)17(15(3)12-13)20-10-9-19-18(20)16-7-5-4-6-8-16;1-13-7-6-8-14(2)16(13)19-12-11-18-17(19)15-9-4-3-5-10-15;;;;;/h5-11,13-19H,1-4H3;4-12,14-19H,1-3H3;5-7,9-12H,1-4H3;4-7,9-12H,1-3H3;3-9,11-12H,1-2H3;;;;;/q5*-1;;;;;. The molecule has 21 rings (SSSR count). The Morgan fingerprint density at radius 2 is 0.508 bits per heavy atom. The molecule has 17 heteroatoms. The van der Waals surface area contributed by atoms with Crippen LogP contribution in [0.4, 0.5) is 0 Å². The Morgan fingerprint density at radius 3 is 0.848 bits per heavy atom. The van der Waals surface area contributed by atoms with Crippen molar-refractivity contribution in [1.82, 2.24) is 56.9 Å². The second-order valence-corrected chi connectivity index (χ2v) is 33.3. The van der Waals surface area contributed by atoms with Gasteiger partial charge in [-0.1, -0.05) is 173 Å². The first-order valence-electron chi connectivity index (χ1n) is 43.1. The average molecular weight is 2610 g/mol. The van der Waals surface area contributed by atoms with Gasteiger partial charge in [-0.3, -0.25) is 24.9 Å². The van der Waals surface area contributed by atoms with Gasteiger partial charge in [0.1, 0.15) is 0 Å². The van der Waals surface area contributed by atoms with E-state index in [1.54, 1.807) is 0 Å². The summed E-state index contributed by atoms with van der Waals surface area (Å²) in [7, 11) is 0. The summed E-state index contributed by atoms with van der Waals surface area (Å²) in [5.74, 6) is 4.61. The number of rotatable bonds is 12. The van der Waals surface area contributed by atoms with E-state index in [2.05, 4.69) is 394 Å². The number of benzene rings is 14. The third kappa shape index (κ3) is 20.6. The van der Waals surface area contributed by atoms with Crippen LogP contribution in [0.5, 0.6) is 0 Å². The van der Waals surface area contributed by atoms with Crippen molar-refractivity contribution in [3.63, 3.8) is 0 Å². The number of hydrogen-bond donors (Lipinski definition) is 0. The molecule has 0 aliphatic carbocycles. The normalized spacial score (nSPS) is 10.7. The quantitative estimate of drug-likeness (QED) is 0.114. The fourth-order valence-corrected chi connectivity index (χ4v) is 18.5. The maximum absolute atomic E-state index is 4.76. The van der Waals surface area contributed by atoms with Gasteiger partial charge in [0.2, 0.25) is 0 Å². The van der Waals surface area contributed by atoms with Gasteiger partial charge in [0.05, 0.1) is 29.1 Å². The summed E-state index contributed by atoms with van der Waals surface area (Å²) in [6, 6.07) is 108. The van der Waals surface area contributed by atoms with E-state index in [9.17, 15) is 0 Å².